The standard InChI is InChI=1S/C18H23NO2/c1-3-15-6-4-10-19(13-15)18(21)17-9-8-14(2)12-16(17)7-5-11-20/h8-9,12,15,20H,3-4,6,10-11,13H2,1-2H3. The number of hydrogen-bond acceptors (Lipinski definition) is 2. The Morgan fingerprint density at radius 3 is 3.00 bits per heavy atom. The van der Waals surface area contributed by atoms with Crippen molar-refractivity contribution in [3.05, 3.63) is 34.9 Å². The van der Waals surface area contributed by atoms with Crippen molar-refractivity contribution in [1.82, 2.24) is 4.90 Å². The molecule has 0 aliphatic carbocycles. The number of likely N-dealkylation sites (tertiary alicyclic amines) is 1. The van der Waals surface area contributed by atoms with Crippen LogP contribution in [0.1, 0.15) is 47.7 Å². The second-order valence-corrected chi connectivity index (χ2v) is 5.68. The number of amides is 1. The van der Waals surface area contributed by atoms with Gasteiger partial charge in [0.05, 0.1) is 5.56 Å². The number of carbonyl (C=O) groups is 1. The van der Waals surface area contributed by atoms with Gasteiger partial charge in [0.1, 0.15) is 6.61 Å². The van der Waals surface area contributed by atoms with Crippen LogP contribution in [-0.2, 0) is 0 Å². The number of carbonyl (C=O) groups excluding carboxylic acids is 1. The molecule has 0 saturated carbocycles. The quantitative estimate of drug-likeness (QED) is 0.849. The van der Waals surface area contributed by atoms with E-state index in [1.807, 2.05) is 30.0 Å². The van der Waals surface area contributed by atoms with Gasteiger partial charge in [-0.15, -0.1) is 0 Å². The normalized spacial score (nSPS) is 18.0. The van der Waals surface area contributed by atoms with Gasteiger partial charge < -0.3 is 10.0 Å². The van der Waals surface area contributed by atoms with Crippen LogP contribution < -0.4 is 0 Å². The third-order valence-corrected chi connectivity index (χ3v) is 4.09. The van der Waals surface area contributed by atoms with Gasteiger partial charge in [0.25, 0.3) is 5.91 Å². The van der Waals surface area contributed by atoms with E-state index in [0.717, 1.165) is 31.5 Å². The van der Waals surface area contributed by atoms with Gasteiger partial charge in [0.15, 0.2) is 0 Å². The van der Waals surface area contributed by atoms with Crippen molar-refractivity contribution in [3.63, 3.8) is 0 Å². The van der Waals surface area contributed by atoms with Crippen molar-refractivity contribution >= 4 is 5.91 Å². The molecule has 3 heteroatoms. The van der Waals surface area contributed by atoms with Crippen LogP contribution in [0.3, 0.4) is 0 Å². The predicted octanol–water partition coefficient (Wildman–Crippen LogP) is 2.60. The maximum absolute atomic E-state index is 12.8. The topological polar surface area (TPSA) is 40.5 Å². The maximum atomic E-state index is 12.8. The fourth-order valence-electron chi connectivity index (χ4n) is 2.84. The van der Waals surface area contributed by atoms with Gasteiger partial charge in [-0.25, -0.2) is 0 Å². The molecular formula is C18H23NO2. The molecular weight excluding hydrogens is 262 g/mol. The minimum absolute atomic E-state index is 0.0652. The summed E-state index contributed by atoms with van der Waals surface area (Å²) in [4.78, 5) is 14.7. The van der Waals surface area contributed by atoms with E-state index >= 15 is 0 Å². The molecule has 2 rings (SSSR count). The molecule has 3 nitrogen and oxygen atoms in total. The van der Waals surface area contributed by atoms with Gasteiger partial charge in [-0.1, -0.05) is 31.3 Å². The number of benzene rings is 1. The summed E-state index contributed by atoms with van der Waals surface area (Å²) in [5.74, 6) is 6.22. The van der Waals surface area contributed by atoms with Gasteiger partial charge >= 0.3 is 0 Å². The third kappa shape index (κ3) is 3.86. The Balaban J connectivity index is 2.26. The highest BCUT2D eigenvalue weighted by Gasteiger charge is 2.24. The molecule has 0 bridgehead atoms. The lowest BCUT2D eigenvalue weighted by atomic mass is 9.94. The first-order valence-electron chi connectivity index (χ1n) is 7.65. The number of nitrogens with zero attached hydrogens (tertiary/aromatic N) is 1. The van der Waals surface area contributed by atoms with Gasteiger partial charge in [0, 0.05) is 18.7 Å². The van der Waals surface area contributed by atoms with E-state index in [1.54, 1.807) is 0 Å². The molecule has 1 aliphatic heterocycles. The number of aliphatic hydroxyl groups is 1. The number of rotatable bonds is 2. The smallest absolute Gasteiger partial charge is 0.255 e. The second-order valence-electron chi connectivity index (χ2n) is 5.68. The first-order chi connectivity index (χ1) is 10.2. The minimum atomic E-state index is -0.191. The lowest BCUT2D eigenvalue weighted by molar-refractivity contribution is 0.0671. The summed E-state index contributed by atoms with van der Waals surface area (Å²) in [6.45, 7) is 5.64. The van der Waals surface area contributed by atoms with E-state index in [0.29, 0.717) is 17.0 Å². The van der Waals surface area contributed by atoms with Crippen LogP contribution in [0.4, 0.5) is 0 Å². The third-order valence-electron chi connectivity index (χ3n) is 4.09. The molecule has 1 fully saturated rings. The Hall–Kier alpha value is -1.79. The molecule has 1 saturated heterocycles. The van der Waals surface area contributed by atoms with E-state index in [4.69, 9.17) is 5.11 Å². The van der Waals surface area contributed by atoms with Gasteiger partial charge in [-0.3, -0.25) is 4.79 Å². The van der Waals surface area contributed by atoms with Crippen LogP contribution in [-0.4, -0.2) is 35.6 Å². The average molecular weight is 285 g/mol. The first kappa shape index (κ1) is 15.6. The summed E-state index contributed by atoms with van der Waals surface area (Å²) >= 11 is 0. The summed E-state index contributed by atoms with van der Waals surface area (Å²) in [6.07, 6.45) is 3.41. The number of hydrogen-bond donors (Lipinski definition) is 1. The van der Waals surface area contributed by atoms with Crippen molar-refractivity contribution in [2.75, 3.05) is 19.7 Å². The van der Waals surface area contributed by atoms with Gasteiger partial charge in [0.2, 0.25) is 0 Å². The fraction of sp³-hybridized carbons (Fsp3) is 0.500. The monoisotopic (exact) mass is 285 g/mol. The maximum Gasteiger partial charge on any atom is 0.255 e. The van der Waals surface area contributed by atoms with E-state index < -0.39 is 0 Å². The molecule has 0 spiro atoms. The van der Waals surface area contributed by atoms with Gasteiger partial charge in [-0.2, -0.15) is 0 Å². The van der Waals surface area contributed by atoms with Crippen molar-refractivity contribution in [2.45, 2.75) is 33.1 Å². The van der Waals surface area contributed by atoms with E-state index in [9.17, 15) is 4.79 Å². The summed E-state index contributed by atoms with van der Waals surface area (Å²) in [5.41, 5.74) is 2.44. The molecule has 1 amide bonds. The van der Waals surface area contributed by atoms with Crippen LogP contribution in [0.25, 0.3) is 0 Å². The Morgan fingerprint density at radius 2 is 2.29 bits per heavy atom. The second kappa shape index (κ2) is 7.28. The largest absolute Gasteiger partial charge is 0.384 e. The van der Waals surface area contributed by atoms with Crippen LogP contribution >= 0.6 is 0 Å². The van der Waals surface area contributed by atoms with Crippen LogP contribution in [0.15, 0.2) is 18.2 Å². The molecule has 1 N–H and O–H groups in total. The van der Waals surface area contributed by atoms with Crippen LogP contribution in [0, 0.1) is 24.7 Å². The highest BCUT2D eigenvalue weighted by Crippen LogP contribution is 2.22. The summed E-state index contributed by atoms with van der Waals surface area (Å²) in [5, 5.41) is 8.87. The molecule has 1 aromatic carbocycles. The molecule has 1 aliphatic rings. The van der Waals surface area contributed by atoms with Crippen molar-refractivity contribution in [1.29, 1.82) is 0 Å². The highest BCUT2D eigenvalue weighted by molar-refractivity contribution is 5.97. The average Bonchev–Trinajstić information content (AvgIpc) is 2.52. The number of aryl methyl sites for hydroxylation is 1. The van der Waals surface area contributed by atoms with Crippen LogP contribution in [0.2, 0.25) is 0 Å². The summed E-state index contributed by atoms with van der Waals surface area (Å²) < 4.78 is 0. The Kier molecular flexibility index (Phi) is 5.41. The number of aliphatic hydroxyl groups excluding tert-OH is 1. The molecule has 112 valence electrons. The molecule has 1 atom stereocenters. The lowest BCUT2D eigenvalue weighted by Crippen LogP contribution is -2.40. The molecule has 0 aromatic heterocycles. The zero-order valence-corrected chi connectivity index (χ0v) is 12.9. The molecule has 0 radical (unpaired) electrons. The molecule has 1 aromatic rings. The summed E-state index contributed by atoms with van der Waals surface area (Å²) in [7, 11) is 0. The highest BCUT2D eigenvalue weighted by atomic mass is 16.2. The lowest BCUT2D eigenvalue weighted by Gasteiger charge is -2.32. The van der Waals surface area contributed by atoms with E-state index in [2.05, 4.69) is 18.8 Å². The van der Waals surface area contributed by atoms with Crippen molar-refractivity contribution in [2.24, 2.45) is 5.92 Å². The van der Waals surface area contributed by atoms with Crippen molar-refractivity contribution in [3.8, 4) is 11.8 Å². The first-order valence-corrected chi connectivity index (χ1v) is 7.65. The molecule has 1 unspecified atom stereocenters. The predicted molar refractivity (Wildman–Crippen MR) is 84.1 cm³/mol. The number of piperidine rings is 1. The molecule has 21 heavy (non-hydrogen) atoms. The SMILES string of the molecule is CCC1CCCN(C(=O)c2ccc(C)cc2C#CCO)C1. The van der Waals surface area contributed by atoms with Crippen molar-refractivity contribution < 1.29 is 9.90 Å². The minimum Gasteiger partial charge on any atom is -0.384 e. The van der Waals surface area contributed by atoms with Gasteiger partial charge in [-0.05, 0) is 43.4 Å². The zero-order valence-electron chi connectivity index (χ0n) is 12.9. The van der Waals surface area contributed by atoms with E-state index in [-0.39, 0.29) is 12.5 Å². The Bertz CT molecular complexity index is 568. The zero-order chi connectivity index (χ0) is 15.2. The summed E-state index contributed by atoms with van der Waals surface area (Å²) in [6, 6.07) is 5.71. The van der Waals surface area contributed by atoms with E-state index in [1.165, 1.54) is 6.42 Å². The fourth-order valence-corrected chi connectivity index (χ4v) is 2.84. The Labute approximate surface area is 127 Å². The Morgan fingerprint density at radius 1 is 1.48 bits per heavy atom. The molecule has 1 heterocycles. The van der Waals surface area contributed by atoms with Crippen LogP contribution in [0.5, 0.6) is 0 Å².